The van der Waals surface area contributed by atoms with Crippen molar-refractivity contribution < 1.29 is 44.0 Å². The maximum absolute atomic E-state index is 13.9. The lowest BCUT2D eigenvalue weighted by Gasteiger charge is -2.58. The Morgan fingerprint density at radius 1 is 1.10 bits per heavy atom. The quantitative estimate of drug-likeness (QED) is 0.190. The Bertz CT molecular complexity index is 1370. The number of carboxylic acid groups (broad SMARTS) is 2. The van der Waals surface area contributed by atoms with Crippen molar-refractivity contribution in [3.05, 3.63) is 41.7 Å². The number of nitrogens with zero attached hydrogens (tertiary/aromatic N) is 2. The Hall–Kier alpha value is -3.39. The van der Waals surface area contributed by atoms with Crippen LogP contribution in [0, 0.1) is 36.4 Å². The number of aliphatic hydroxyl groups is 2. The molecule has 4 saturated carbocycles. The number of aryl methyl sites for hydroxylation is 1. The zero-order valence-corrected chi connectivity index (χ0v) is 28.3. The number of aliphatic hydroxyl groups excluding tert-OH is 1. The smallest absolute Gasteiger partial charge is 0.328 e. The third-order valence-electron chi connectivity index (χ3n) is 10.7. The van der Waals surface area contributed by atoms with Crippen molar-refractivity contribution in [3.63, 3.8) is 0 Å². The zero-order chi connectivity index (χ0) is 35.6. The molecule has 5 fully saturated rings. The van der Waals surface area contributed by atoms with Crippen molar-refractivity contribution in [1.82, 2.24) is 10.2 Å². The lowest BCUT2D eigenvalue weighted by molar-refractivity contribution is -0.148. The first-order valence-electron chi connectivity index (χ1n) is 16.8. The van der Waals surface area contributed by atoms with E-state index in [2.05, 4.69) is 5.32 Å². The highest BCUT2D eigenvalue weighted by Gasteiger charge is 2.55. The van der Waals surface area contributed by atoms with E-state index in [0.29, 0.717) is 55.1 Å². The van der Waals surface area contributed by atoms with E-state index in [9.17, 15) is 33.8 Å². The van der Waals surface area contributed by atoms with E-state index in [1.165, 1.54) is 12.1 Å². The van der Waals surface area contributed by atoms with Gasteiger partial charge >= 0.3 is 11.9 Å². The Morgan fingerprint density at radius 3 is 2.25 bits per heavy atom. The first kappa shape index (κ1) is 37.4. The highest BCUT2D eigenvalue weighted by molar-refractivity contribution is 5.96. The molecule has 4 bridgehead atoms. The maximum Gasteiger partial charge on any atom is 0.328 e. The van der Waals surface area contributed by atoms with Gasteiger partial charge in [-0.2, -0.15) is 0 Å². The van der Waals surface area contributed by atoms with E-state index in [0.717, 1.165) is 37.7 Å². The molecule has 7 N–H and O–H groups in total. The van der Waals surface area contributed by atoms with Gasteiger partial charge in [0, 0.05) is 54.5 Å². The molecule has 5 atom stereocenters. The normalized spacial score (nSPS) is 29.6. The number of aliphatic carboxylic acids is 2. The summed E-state index contributed by atoms with van der Waals surface area (Å²) in [6, 6.07) is 3.94. The number of benzene rings is 1. The van der Waals surface area contributed by atoms with Crippen molar-refractivity contribution in [1.29, 1.82) is 0 Å². The number of carbonyl (C=O) groups is 4. The van der Waals surface area contributed by atoms with E-state index >= 15 is 0 Å². The molecule has 2 amide bonds. The highest BCUT2D eigenvalue weighted by atomic mass is 19.1. The fourth-order valence-electron chi connectivity index (χ4n) is 8.39. The summed E-state index contributed by atoms with van der Waals surface area (Å²) in [6.07, 6.45) is 5.68. The van der Waals surface area contributed by atoms with E-state index in [1.807, 2.05) is 32.6 Å². The lowest BCUT2D eigenvalue weighted by atomic mass is 9.52. The van der Waals surface area contributed by atoms with Crippen LogP contribution in [-0.2, 0) is 19.2 Å². The average Bonchev–Trinajstić information content (AvgIpc) is 2.99. The number of halogens is 1. The number of carboxylic acids is 2. The Labute approximate surface area is 281 Å². The van der Waals surface area contributed by atoms with Gasteiger partial charge in [0.2, 0.25) is 11.8 Å². The van der Waals surface area contributed by atoms with E-state index in [-0.39, 0.29) is 42.6 Å². The van der Waals surface area contributed by atoms with Crippen molar-refractivity contribution in [2.45, 2.75) is 102 Å². The number of hydrogen-bond donors (Lipinski definition) is 6. The number of piperazine rings is 1. The van der Waals surface area contributed by atoms with Gasteiger partial charge in [0.15, 0.2) is 0 Å². The van der Waals surface area contributed by atoms with Crippen molar-refractivity contribution in [2.24, 2.45) is 29.4 Å². The van der Waals surface area contributed by atoms with Crippen LogP contribution < -0.4 is 16.0 Å². The predicted molar refractivity (Wildman–Crippen MR) is 176 cm³/mol. The summed E-state index contributed by atoms with van der Waals surface area (Å²) in [5.74, 6) is -2.18. The maximum atomic E-state index is 13.9. The van der Waals surface area contributed by atoms with Gasteiger partial charge in [-0.1, -0.05) is 13.0 Å². The molecule has 0 radical (unpaired) electrons. The van der Waals surface area contributed by atoms with Crippen molar-refractivity contribution in [3.8, 4) is 0 Å². The minimum absolute atomic E-state index is 0.0344. The first-order valence-corrected chi connectivity index (χ1v) is 16.8. The van der Waals surface area contributed by atoms with E-state index in [4.69, 9.17) is 15.9 Å². The largest absolute Gasteiger partial charge is 0.478 e. The van der Waals surface area contributed by atoms with Crippen LogP contribution in [0.5, 0.6) is 0 Å². The number of anilines is 1. The van der Waals surface area contributed by atoms with Gasteiger partial charge in [-0.05, 0) is 101 Å². The molecule has 0 aromatic heterocycles. The molecule has 2 unspecified atom stereocenters. The Kier molecular flexibility index (Phi) is 11.7. The second-order valence-electron chi connectivity index (χ2n) is 14.9. The summed E-state index contributed by atoms with van der Waals surface area (Å²) in [6.45, 7) is 8.64. The molecule has 4 aliphatic carbocycles. The van der Waals surface area contributed by atoms with Gasteiger partial charge in [-0.25, -0.2) is 14.0 Å². The molecular formula is C35H51FN4O8. The van der Waals surface area contributed by atoms with Crippen LogP contribution in [0.15, 0.2) is 30.4 Å². The monoisotopic (exact) mass is 674 g/mol. The number of rotatable bonds is 11. The molecule has 13 heteroatoms. The zero-order valence-electron chi connectivity index (χ0n) is 28.3. The Morgan fingerprint density at radius 2 is 1.71 bits per heavy atom. The number of nitrogens with one attached hydrogen (secondary N) is 1. The van der Waals surface area contributed by atoms with Crippen LogP contribution in [-0.4, -0.2) is 98.0 Å². The molecule has 1 aromatic rings. The van der Waals surface area contributed by atoms with Gasteiger partial charge in [0.1, 0.15) is 5.82 Å². The van der Waals surface area contributed by atoms with E-state index in [1.54, 1.807) is 11.0 Å². The van der Waals surface area contributed by atoms with Gasteiger partial charge < -0.3 is 36.4 Å². The minimum Gasteiger partial charge on any atom is -0.478 e. The molecule has 1 aromatic carbocycles. The second-order valence-corrected chi connectivity index (χ2v) is 14.9. The van der Waals surface area contributed by atoms with Gasteiger partial charge in [0.25, 0.3) is 0 Å². The minimum atomic E-state index is -1.26. The number of nitrogens with two attached hydrogens (primary N) is 1. The summed E-state index contributed by atoms with van der Waals surface area (Å²) in [5.41, 5.74) is 6.90. The van der Waals surface area contributed by atoms with Crippen LogP contribution in [0.4, 0.5) is 10.1 Å². The lowest BCUT2D eigenvalue weighted by Crippen LogP contribution is -2.64. The summed E-state index contributed by atoms with van der Waals surface area (Å²) >= 11 is 0. The average molecular weight is 675 g/mol. The second kappa shape index (κ2) is 15.0. The third kappa shape index (κ3) is 8.99. The molecule has 1 saturated heterocycles. The van der Waals surface area contributed by atoms with Crippen LogP contribution >= 0.6 is 0 Å². The van der Waals surface area contributed by atoms with Crippen molar-refractivity contribution in [2.75, 3.05) is 24.5 Å². The standard InChI is InChI=1S/C31H47FN4O4.C4H4O4/c1-5-20(29(39)34-28-21-8-19-9-22(28)14-31(40,12-19)13-21)10-26(37)24(33)15-35-16-27(38)36(17-30(35,3)4)25-11-23(32)7-6-18(25)2;5-3(6)1-2-4(7)8/h6-7,11,19-22,24,26,28,37,40H,5,8-10,12-17,33H2,1-4H3,(H,34,39);1-2H,(H,5,6)(H,7,8)/b;2-1+/t19?,20-,21?,22?,24+,26+,28?,31?;/m1./s1. The summed E-state index contributed by atoms with van der Waals surface area (Å²) < 4.78 is 13.9. The topological polar surface area (TPSA) is 194 Å². The highest BCUT2D eigenvalue weighted by Crippen LogP contribution is 2.55. The SMILES string of the molecule is CC[C@H](C[C@H](O)[C@@H](N)CN1CC(=O)N(c2cc(F)ccc2C)CC1(C)C)C(=O)NC1C2CC3CC1CC(O)(C3)C2.O=C(O)/C=C/C(=O)O. The molecule has 12 nitrogen and oxygen atoms in total. The molecule has 1 heterocycles. The number of hydrogen-bond acceptors (Lipinski definition) is 8. The summed E-state index contributed by atoms with van der Waals surface area (Å²) in [5, 5.41) is 40.9. The fourth-order valence-corrected chi connectivity index (χ4v) is 8.39. The third-order valence-corrected chi connectivity index (χ3v) is 10.7. The number of amides is 2. The van der Waals surface area contributed by atoms with Crippen LogP contribution in [0.2, 0.25) is 0 Å². The van der Waals surface area contributed by atoms with E-state index < -0.39 is 35.2 Å². The molecule has 1 aliphatic heterocycles. The molecule has 5 aliphatic rings. The van der Waals surface area contributed by atoms with Crippen LogP contribution in [0.25, 0.3) is 0 Å². The summed E-state index contributed by atoms with van der Waals surface area (Å²) in [4.78, 5) is 49.2. The van der Waals surface area contributed by atoms with Gasteiger partial charge in [-0.15, -0.1) is 0 Å². The van der Waals surface area contributed by atoms with Crippen molar-refractivity contribution >= 4 is 29.4 Å². The predicted octanol–water partition coefficient (Wildman–Crippen LogP) is 2.43. The molecular weight excluding hydrogens is 623 g/mol. The molecule has 266 valence electrons. The molecule has 6 rings (SSSR count). The van der Waals surface area contributed by atoms with Gasteiger partial charge in [-0.3, -0.25) is 14.5 Å². The number of carbonyl (C=O) groups excluding carboxylic acids is 2. The molecule has 48 heavy (non-hydrogen) atoms. The fraction of sp³-hybridized carbons (Fsp3) is 0.657. The Balaban J connectivity index is 0.000000579. The van der Waals surface area contributed by atoms with Crippen LogP contribution in [0.1, 0.15) is 71.3 Å². The first-order chi connectivity index (χ1) is 22.4. The molecule has 0 spiro atoms. The summed E-state index contributed by atoms with van der Waals surface area (Å²) in [7, 11) is 0. The van der Waals surface area contributed by atoms with Gasteiger partial charge in [0.05, 0.1) is 18.2 Å². The van der Waals surface area contributed by atoms with Crippen LogP contribution in [0.3, 0.4) is 0 Å².